The van der Waals surface area contributed by atoms with Crippen LogP contribution in [0.3, 0.4) is 0 Å². The standard InChI is InChI=1S/C14H27NO2/c1-2-3-4-5-6-7-8-9-14(17)15-11-10-13(16)12-15/h13,16H,2-12H2,1H3. The second kappa shape index (κ2) is 8.51. The molecule has 0 aromatic carbocycles. The quantitative estimate of drug-likeness (QED) is 0.664. The lowest BCUT2D eigenvalue weighted by Gasteiger charge is -2.15. The van der Waals surface area contributed by atoms with Crippen LogP contribution in [0.1, 0.15) is 64.7 Å². The van der Waals surface area contributed by atoms with Crippen LogP contribution < -0.4 is 0 Å². The second-order valence-corrected chi connectivity index (χ2v) is 5.15. The summed E-state index contributed by atoms with van der Waals surface area (Å²) in [7, 11) is 0. The molecule has 1 rings (SSSR count). The molecule has 1 saturated heterocycles. The van der Waals surface area contributed by atoms with E-state index in [-0.39, 0.29) is 12.0 Å². The minimum Gasteiger partial charge on any atom is -0.391 e. The number of carbonyl (C=O) groups excluding carboxylic acids is 1. The average molecular weight is 241 g/mol. The van der Waals surface area contributed by atoms with Crippen molar-refractivity contribution in [1.82, 2.24) is 4.90 Å². The summed E-state index contributed by atoms with van der Waals surface area (Å²) in [6.45, 7) is 3.52. The first kappa shape index (κ1) is 14.5. The second-order valence-electron chi connectivity index (χ2n) is 5.15. The Morgan fingerprint density at radius 2 is 1.82 bits per heavy atom. The molecule has 1 unspecified atom stereocenters. The number of hydrogen-bond donors (Lipinski definition) is 1. The molecule has 17 heavy (non-hydrogen) atoms. The number of unbranched alkanes of at least 4 members (excludes halogenated alkanes) is 6. The zero-order chi connectivity index (χ0) is 12.5. The molecule has 0 spiro atoms. The highest BCUT2D eigenvalue weighted by molar-refractivity contribution is 5.76. The predicted molar refractivity (Wildman–Crippen MR) is 69.8 cm³/mol. The first-order valence-corrected chi connectivity index (χ1v) is 7.20. The zero-order valence-electron chi connectivity index (χ0n) is 11.2. The third-order valence-corrected chi connectivity index (χ3v) is 3.51. The molecule has 100 valence electrons. The van der Waals surface area contributed by atoms with Gasteiger partial charge in [-0.05, 0) is 12.8 Å². The summed E-state index contributed by atoms with van der Waals surface area (Å²) in [5.74, 6) is 0.232. The van der Waals surface area contributed by atoms with Gasteiger partial charge in [0, 0.05) is 19.5 Å². The van der Waals surface area contributed by atoms with Crippen LogP contribution in [-0.4, -0.2) is 35.1 Å². The number of β-amino-alcohol motifs (C(OH)–C–C–N with tert-alkyl or cyclic N) is 1. The predicted octanol–water partition coefficient (Wildman–Crippen LogP) is 2.72. The van der Waals surface area contributed by atoms with Crippen molar-refractivity contribution in [2.24, 2.45) is 0 Å². The van der Waals surface area contributed by atoms with Gasteiger partial charge in [0.25, 0.3) is 0 Å². The van der Waals surface area contributed by atoms with Gasteiger partial charge < -0.3 is 10.0 Å². The minimum absolute atomic E-state index is 0.232. The molecule has 1 N–H and O–H groups in total. The summed E-state index contributed by atoms with van der Waals surface area (Å²) in [6, 6.07) is 0. The topological polar surface area (TPSA) is 40.5 Å². The number of rotatable bonds is 8. The molecule has 1 amide bonds. The van der Waals surface area contributed by atoms with Crippen LogP contribution in [0.2, 0.25) is 0 Å². The fraction of sp³-hybridized carbons (Fsp3) is 0.929. The van der Waals surface area contributed by atoms with Gasteiger partial charge in [0.05, 0.1) is 6.10 Å². The van der Waals surface area contributed by atoms with Crippen molar-refractivity contribution >= 4 is 5.91 Å². The maximum absolute atomic E-state index is 11.7. The Morgan fingerprint density at radius 3 is 2.41 bits per heavy atom. The van der Waals surface area contributed by atoms with Crippen molar-refractivity contribution in [1.29, 1.82) is 0 Å². The molecule has 0 aromatic rings. The van der Waals surface area contributed by atoms with E-state index in [1.54, 1.807) is 0 Å². The summed E-state index contributed by atoms with van der Waals surface area (Å²) in [4.78, 5) is 13.5. The molecule has 0 saturated carbocycles. The third kappa shape index (κ3) is 6.06. The van der Waals surface area contributed by atoms with Gasteiger partial charge in [-0.3, -0.25) is 4.79 Å². The molecule has 3 heteroatoms. The maximum Gasteiger partial charge on any atom is 0.222 e. The van der Waals surface area contributed by atoms with Gasteiger partial charge in [-0.1, -0.05) is 45.4 Å². The van der Waals surface area contributed by atoms with Crippen LogP contribution in [0.15, 0.2) is 0 Å². The molecule has 1 atom stereocenters. The average Bonchev–Trinajstić information content (AvgIpc) is 2.74. The van der Waals surface area contributed by atoms with Gasteiger partial charge in [-0.2, -0.15) is 0 Å². The van der Waals surface area contributed by atoms with Gasteiger partial charge in [0.1, 0.15) is 0 Å². The Balaban J connectivity index is 1.93. The van der Waals surface area contributed by atoms with E-state index in [2.05, 4.69) is 6.92 Å². The van der Waals surface area contributed by atoms with E-state index in [0.29, 0.717) is 13.0 Å². The number of nitrogens with zero attached hydrogens (tertiary/aromatic N) is 1. The minimum atomic E-state index is -0.284. The Kier molecular flexibility index (Phi) is 7.25. The van der Waals surface area contributed by atoms with E-state index in [9.17, 15) is 9.90 Å². The van der Waals surface area contributed by atoms with Crippen LogP contribution in [0.5, 0.6) is 0 Å². The van der Waals surface area contributed by atoms with Crippen LogP contribution >= 0.6 is 0 Å². The largest absolute Gasteiger partial charge is 0.391 e. The van der Waals surface area contributed by atoms with Gasteiger partial charge in [0.2, 0.25) is 5.91 Å². The van der Waals surface area contributed by atoms with Crippen LogP contribution in [-0.2, 0) is 4.79 Å². The monoisotopic (exact) mass is 241 g/mol. The lowest BCUT2D eigenvalue weighted by molar-refractivity contribution is -0.130. The highest BCUT2D eigenvalue weighted by Crippen LogP contribution is 2.13. The number of aliphatic hydroxyl groups is 1. The van der Waals surface area contributed by atoms with E-state index in [4.69, 9.17) is 0 Å². The Hall–Kier alpha value is -0.570. The summed E-state index contributed by atoms with van der Waals surface area (Å²) in [5.41, 5.74) is 0. The fourth-order valence-corrected chi connectivity index (χ4v) is 2.36. The Labute approximate surface area is 105 Å². The van der Waals surface area contributed by atoms with Crippen molar-refractivity contribution in [3.8, 4) is 0 Å². The van der Waals surface area contributed by atoms with E-state index < -0.39 is 0 Å². The number of hydrogen-bond acceptors (Lipinski definition) is 2. The zero-order valence-corrected chi connectivity index (χ0v) is 11.2. The first-order chi connectivity index (χ1) is 8.24. The Bertz CT molecular complexity index is 218. The molecule has 1 fully saturated rings. The molecule has 0 aliphatic carbocycles. The van der Waals surface area contributed by atoms with E-state index in [1.807, 2.05) is 4.90 Å². The SMILES string of the molecule is CCCCCCCCCC(=O)N1CCC(O)C1. The number of amides is 1. The van der Waals surface area contributed by atoms with E-state index >= 15 is 0 Å². The molecular formula is C14H27NO2. The van der Waals surface area contributed by atoms with Gasteiger partial charge in [0.15, 0.2) is 0 Å². The van der Waals surface area contributed by atoms with Crippen LogP contribution in [0.25, 0.3) is 0 Å². The molecule has 3 nitrogen and oxygen atoms in total. The van der Waals surface area contributed by atoms with Crippen LogP contribution in [0, 0.1) is 0 Å². The summed E-state index contributed by atoms with van der Waals surface area (Å²) in [6.07, 6.45) is 9.85. The lowest BCUT2D eigenvalue weighted by Crippen LogP contribution is -2.29. The van der Waals surface area contributed by atoms with E-state index in [0.717, 1.165) is 19.4 Å². The van der Waals surface area contributed by atoms with Crippen molar-refractivity contribution in [2.45, 2.75) is 70.8 Å². The van der Waals surface area contributed by atoms with Crippen molar-refractivity contribution in [3.63, 3.8) is 0 Å². The number of likely N-dealkylation sites (tertiary alicyclic amines) is 1. The van der Waals surface area contributed by atoms with Crippen molar-refractivity contribution in [3.05, 3.63) is 0 Å². The first-order valence-electron chi connectivity index (χ1n) is 7.20. The van der Waals surface area contributed by atoms with Crippen molar-refractivity contribution in [2.75, 3.05) is 13.1 Å². The van der Waals surface area contributed by atoms with Gasteiger partial charge in [-0.15, -0.1) is 0 Å². The van der Waals surface area contributed by atoms with Crippen LogP contribution in [0.4, 0.5) is 0 Å². The molecule has 1 aliphatic heterocycles. The molecular weight excluding hydrogens is 214 g/mol. The molecule has 0 aromatic heterocycles. The Morgan fingerprint density at radius 1 is 1.18 bits per heavy atom. The summed E-state index contributed by atoms with van der Waals surface area (Å²) in [5, 5.41) is 9.35. The van der Waals surface area contributed by atoms with Gasteiger partial charge in [-0.25, -0.2) is 0 Å². The van der Waals surface area contributed by atoms with Gasteiger partial charge >= 0.3 is 0 Å². The molecule has 1 heterocycles. The maximum atomic E-state index is 11.7. The molecule has 0 radical (unpaired) electrons. The lowest BCUT2D eigenvalue weighted by atomic mass is 10.1. The summed E-state index contributed by atoms with van der Waals surface area (Å²) >= 11 is 0. The van der Waals surface area contributed by atoms with E-state index in [1.165, 1.54) is 38.5 Å². The normalized spacial score (nSPS) is 19.9. The highest BCUT2D eigenvalue weighted by Gasteiger charge is 2.23. The molecule has 0 bridgehead atoms. The third-order valence-electron chi connectivity index (χ3n) is 3.51. The number of aliphatic hydroxyl groups excluding tert-OH is 1. The van der Waals surface area contributed by atoms with Crippen molar-refractivity contribution < 1.29 is 9.90 Å². The smallest absolute Gasteiger partial charge is 0.222 e. The summed E-state index contributed by atoms with van der Waals surface area (Å²) < 4.78 is 0. The number of carbonyl (C=O) groups is 1. The fourth-order valence-electron chi connectivity index (χ4n) is 2.36. The highest BCUT2D eigenvalue weighted by atomic mass is 16.3. The molecule has 1 aliphatic rings.